The van der Waals surface area contributed by atoms with Gasteiger partial charge in [-0.3, -0.25) is 4.99 Å². The maximum Gasteiger partial charge on any atom is 1.00 e. The predicted octanol–water partition coefficient (Wildman–Crippen LogP) is 1.92. The first kappa shape index (κ1) is 22.6. The van der Waals surface area contributed by atoms with Gasteiger partial charge in [-0.15, -0.1) is 0 Å². The average Bonchev–Trinajstić information content (AvgIpc) is 2.20. The van der Waals surface area contributed by atoms with Crippen LogP contribution in [0.25, 0.3) is 0 Å². The van der Waals surface area contributed by atoms with Gasteiger partial charge in [-0.1, -0.05) is 52.3 Å². The van der Waals surface area contributed by atoms with E-state index >= 15 is 0 Å². The minimum absolute atomic E-state index is 0. The van der Waals surface area contributed by atoms with Crippen molar-refractivity contribution in [3.05, 3.63) is 30.3 Å². The summed E-state index contributed by atoms with van der Waals surface area (Å²) in [6.07, 6.45) is 1.25. The van der Waals surface area contributed by atoms with Crippen LogP contribution in [-0.4, -0.2) is 11.2 Å². The fourth-order valence-corrected chi connectivity index (χ4v) is 0.835. The van der Waals surface area contributed by atoms with Crippen molar-refractivity contribution in [2.75, 3.05) is 0 Å². The van der Waals surface area contributed by atoms with Gasteiger partial charge in [0.05, 0.1) is 5.69 Å². The van der Waals surface area contributed by atoms with Crippen LogP contribution in [0.15, 0.2) is 35.3 Å². The number of aliphatic imine (C=N–C) groups is 1. The molecule has 0 aliphatic carbocycles. The van der Waals surface area contributed by atoms with E-state index in [1.165, 1.54) is 12.1 Å². The van der Waals surface area contributed by atoms with Crippen LogP contribution in [-0.2, 0) is 0 Å². The molecule has 0 aliphatic heterocycles. The van der Waals surface area contributed by atoms with Crippen molar-refractivity contribution in [1.82, 2.24) is 0 Å². The second-order valence-electron chi connectivity index (χ2n) is 3.95. The van der Waals surface area contributed by atoms with Gasteiger partial charge < -0.3 is 5.48 Å². The molecule has 1 N–H and O–H groups in total. The Kier molecular flexibility index (Phi) is 19.4. The third-order valence-corrected chi connectivity index (χ3v) is 1.90. The number of nitrogens with zero attached hydrogens (tertiary/aromatic N) is 1. The topological polar surface area (TPSA) is 42.4 Å². The average molecular weight is 263 g/mol. The predicted molar refractivity (Wildman–Crippen MR) is 74.1 cm³/mol. The molecule has 0 aromatic heterocycles. The van der Waals surface area contributed by atoms with E-state index in [0.717, 1.165) is 5.69 Å². The zero-order chi connectivity index (χ0) is 11.7. The number of rotatable bonds is 2. The van der Waals surface area contributed by atoms with Crippen LogP contribution < -0.4 is 51.4 Å². The molecule has 1 aromatic carbocycles. The molecular formula is C14H26KNO. The monoisotopic (exact) mass is 263 g/mol. The van der Waals surface area contributed by atoms with Gasteiger partial charge in [0.2, 0.25) is 0 Å². The number of benzene rings is 1. The molecule has 0 heterocycles. The second-order valence-corrected chi connectivity index (χ2v) is 3.95. The van der Waals surface area contributed by atoms with Gasteiger partial charge in [-0.05, 0) is 25.0 Å². The van der Waals surface area contributed by atoms with Crippen LogP contribution in [0.1, 0.15) is 42.5 Å². The molecule has 0 aliphatic rings. The van der Waals surface area contributed by atoms with E-state index in [1.54, 1.807) is 0 Å². The first-order valence-electron chi connectivity index (χ1n) is 5.72. The third-order valence-electron chi connectivity index (χ3n) is 1.90. The molecule has 0 saturated carbocycles. The van der Waals surface area contributed by atoms with E-state index in [-0.39, 0.29) is 58.3 Å². The molecule has 0 bridgehead atoms. The summed E-state index contributed by atoms with van der Waals surface area (Å²) in [4.78, 5) is 4.48. The molecule has 1 aromatic rings. The van der Waals surface area contributed by atoms with Crippen molar-refractivity contribution < 1.29 is 58.3 Å². The maximum atomic E-state index is 4.48. The Labute approximate surface area is 150 Å². The van der Waals surface area contributed by atoms with Gasteiger partial charge in [0.1, 0.15) is 0 Å². The summed E-state index contributed by atoms with van der Waals surface area (Å²) in [7, 11) is 0. The van der Waals surface area contributed by atoms with Crippen LogP contribution in [0.3, 0.4) is 0 Å². The standard InChI is InChI=1S/C11H15N.C3H8.K.H2O.H2/c1-9(2)10(3)12-11-7-5-4-6-8-11;1-3-2;;;/h4-9H,1-3H3;3H2,1-2H3;;1H2;1H/q;;+1;;/p-1. The summed E-state index contributed by atoms with van der Waals surface area (Å²) >= 11 is 0. The first-order chi connectivity index (χ1) is 7.11. The normalized spacial score (nSPS) is 9.65. The Hall–Kier alpha value is 0.486. The molecule has 3 heteroatoms. The number of para-hydroxylation sites is 1. The van der Waals surface area contributed by atoms with E-state index in [0.29, 0.717) is 5.92 Å². The molecule has 0 atom stereocenters. The van der Waals surface area contributed by atoms with Crippen molar-refractivity contribution in [2.45, 2.75) is 41.0 Å². The Morgan fingerprint density at radius 3 is 1.94 bits per heavy atom. The zero-order valence-corrected chi connectivity index (χ0v) is 15.2. The molecule has 17 heavy (non-hydrogen) atoms. The molecule has 0 saturated heterocycles. The molecule has 94 valence electrons. The van der Waals surface area contributed by atoms with Crippen LogP contribution in [0.4, 0.5) is 5.69 Å². The van der Waals surface area contributed by atoms with Crippen molar-refractivity contribution in [3.8, 4) is 0 Å². The van der Waals surface area contributed by atoms with Crippen LogP contribution in [0, 0.1) is 5.92 Å². The fourth-order valence-electron chi connectivity index (χ4n) is 0.835. The molecule has 0 spiro atoms. The van der Waals surface area contributed by atoms with Gasteiger partial charge in [-0.2, -0.15) is 0 Å². The summed E-state index contributed by atoms with van der Waals surface area (Å²) in [6.45, 7) is 10.6. The van der Waals surface area contributed by atoms with Gasteiger partial charge >= 0.3 is 51.4 Å². The van der Waals surface area contributed by atoms with Crippen molar-refractivity contribution in [3.63, 3.8) is 0 Å². The van der Waals surface area contributed by atoms with Gasteiger partial charge in [0, 0.05) is 7.14 Å². The zero-order valence-electron chi connectivity index (χ0n) is 12.1. The van der Waals surface area contributed by atoms with Crippen LogP contribution in [0.2, 0.25) is 0 Å². The molecule has 2 nitrogen and oxygen atoms in total. The van der Waals surface area contributed by atoms with Crippen LogP contribution in [0.5, 0.6) is 0 Å². The van der Waals surface area contributed by atoms with Crippen molar-refractivity contribution in [1.29, 1.82) is 0 Å². The van der Waals surface area contributed by atoms with Crippen molar-refractivity contribution >= 4 is 11.4 Å². The number of hydrogen-bond donors (Lipinski definition) is 0. The van der Waals surface area contributed by atoms with Gasteiger partial charge in [-0.25, -0.2) is 0 Å². The fraction of sp³-hybridized carbons (Fsp3) is 0.500. The van der Waals surface area contributed by atoms with E-state index in [1.807, 2.05) is 30.3 Å². The summed E-state index contributed by atoms with van der Waals surface area (Å²) in [6, 6.07) is 10.1. The Morgan fingerprint density at radius 1 is 1.18 bits per heavy atom. The minimum atomic E-state index is 0. The van der Waals surface area contributed by atoms with Gasteiger partial charge in [0.15, 0.2) is 0 Å². The summed E-state index contributed by atoms with van der Waals surface area (Å²) in [5.74, 6) is 0.533. The summed E-state index contributed by atoms with van der Waals surface area (Å²) < 4.78 is 0. The molecule has 1 rings (SSSR count). The minimum Gasteiger partial charge on any atom is -0.870 e. The molecule has 0 unspecified atom stereocenters. The second kappa shape index (κ2) is 14.5. The third kappa shape index (κ3) is 12.7. The molecule has 0 amide bonds. The quantitative estimate of drug-likeness (QED) is 0.594. The van der Waals surface area contributed by atoms with Crippen LogP contribution >= 0.6 is 0 Å². The summed E-state index contributed by atoms with van der Waals surface area (Å²) in [5, 5.41) is 0. The Morgan fingerprint density at radius 2 is 1.59 bits per heavy atom. The van der Waals surface area contributed by atoms with E-state index in [2.05, 4.69) is 39.6 Å². The first-order valence-corrected chi connectivity index (χ1v) is 5.72. The maximum absolute atomic E-state index is 4.48. The Balaban J connectivity index is -0.000000149. The number of hydrogen-bond acceptors (Lipinski definition) is 2. The summed E-state index contributed by atoms with van der Waals surface area (Å²) in [5.41, 5.74) is 2.23. The Bertz CT molecular complexity index is 289. The largest absolute Gasteiger partial charge is 1.00 e. The molecular weight excluding hydrogens is 237 g/mol. The molecule has 0 radical (unpaired) electrons. The smallest absolute Gasteiger partial charge is 0.870 e. The molecule has 0 fully saturated rings. The van der Waals surface area contributed by atoms with E-state index < -0.39 is 0 Å². The van der Waals surface area contributed by atoms with E-state index in [9.17, 15) is 0 Å². The van der Waals surface area contributed by atoms with E-state index in [4.69, 9.17) is 0 Å². The van der Waals surface area contributed by atoms with Gasteiger partial charge in [0.25, 0.3) is 0 Å². The SMILES string of the molecule is CC(=Nc1ccccc1)C(C)C.CCC.[HH].[K+].[OH-]. The van der Waals surface area contributed by atoms with Crippen molar-refractivity contribution in [2.24, 2.45) is 10.9 Å².